The van der Waals surface area contributed by atoms with Gasteiger partial charge in [-0.05, 0) is 6.92 Å². The number of thiazole rings is 1. The molecule has 3 nitrogen and oxygen atoms in total. The van der Waals surface area contributed by atoms with Crippen LogP contribution in [0, 0.1) is 0 Å². The Morgan fingerprint density at radius 1 is 1.73 bits per heavy atom. The molecule has 4 heteroatoms. The Balaban J connectivity index is 2.44. The first-order chi connectivity index (χ1) is 5.36. The maximum atomic E-state index is 8.68. The molecule has 0 saturated heterocycles. The minimum absolute atomic E-state index is 0.0165. The zero-order chi connectivity index (χ0) is 8.10. The molecule has 1 heterocycles. The van der Waals surface area contributed by atoms with Crippen molar-refractivity contribution < 1.29 is 9.84 Å². The van der Waals surface area contributed by atoms with Crippen LogP contribution in [0.3, 0.4) is 0 Å². The molecule has 1 aromatic rings. The minimum atomic E-state index is 0.0165. The third kappa shape index (κ3) is 2.57. The average Bonchev–Trinajstić information content (AvgIpc) is 2.48. The first kappa shape index (κ1) is 8.64. The zero-order valence-electron chi connectivity index (χ0n) is 6.41. The molecule has 1 rings (SSSR count). The molecule has 0 unspecified atom stereocenters. The number of ether oxygens (including phenoxy) is 1. The van der Waals surface area contributed by atoms with Crippen molar-refractivity contribution in [2.75, 3.05) is 6.61 Å². The van der Waals surface area contributed by atoms with Crippen LogP contribution in [0.5, 0.6) is 0 Å². The summed E-state index contributed by atoms with van der Waals surface area (Å²) < 4.78 is 5.14. The summed E-state index contributed by atoms with van der Waals surface area (Å²) >= 11 is 1.52. The Morgan fingerprint density at radius 3 is 3.09 bits per heavy atom. The summed E-state index contributed by atoms with van der Waals surface area (Å²) in [5.74, 6) is 0. The molecular formula is C7H11NO2S. The van der Waals surface area contributed by atoms with Gasteiger partial charge in [-0.25, -0.2) is 4.98 Å². The molecule has 0 aliphatic heterocycles. The van der Waals surface area contributed by atoms with Gasteiger partial charge >= 0.3 is 0 Å². The summed E-state index contributed by atoms with van der Waals surface area (Å²) in [5.41, 5.74) is 0.727. The maximum Gasteiger partial charge on any atom is 0.119 e. The summed E-state index contributed by atoms with van der Waals surface area (Å²) in [5, 5.41) is 11.4. The van der Waals surface area contributed by atoms with Crippen LogP contribution in [-0.4, -0.2) is 16.7 Å². The van der Waals surface area contributed by atoms with Crippen molar-refractivity contribution in [1.29, 1.82) is 0 Å². The molecule has 0 radical (unpaired) electrons. The van der Waals surface area contributed by atoms with Gasteiger partial charge in [0.05, 0.1) is 18.9 Å². The van der Waals surface area contributed by atoms with Crippen molar-refractivity contribution in [3.8, 4) is 0 Å². The predicted octanol–water partition coefficient (Wildman–Crippen LogP) is 1.17. The summed E-state index contributed by atoms with van der Waals surface area (Å²) in [6.45, 7) is 3.22. The van der Waals surface area contributed by atoms with Gasteiger partial charge in [0, 0.05) is 12.0 Å². The molecule has 0 spiro atoms. The highest BCUT2D eigenvalue weighted by Crippen LogP contribution is 2.10. The molecule has 1 aromatic heterocycles. The maximum absolute atomic E-state index is 8.68. The monoisotopic (exact) mass is 173 g/mol. The van der Waals surface area contributed by atoms with Crippen LogP contribution in [0.2, 0.25) is 0 Å². The molecule has 1 N–H and O–H groups in total. The van der Waals surface area contributed by atoms with E-state index in [0.717, 1.165) is 10.7 Å². The molecule has 0 saturated carbocycles. The number of aromatic nitrogens is 1. The van der Waals surface area contributed by atoms with E-state index in [1.165, 1.54) is 11.3 Å². The van der Waals surface area contributed by atoms with Crippen molar-refractivity contribution in [2.24, 2.45) is 0 Å². The number of aliphatic hydroxyl groups excluding tert-OH is 1. The number of hydrogen-bond acceptors (Lipinski definition) is 4. The highest BCUT2D eigenvalue weighted by molar-refractivity contribution is 7.09. The molecule has 62 valence electrons. The van der Waals surface area contributed by atoms with E-state index in [1.54, 1.807) is 0 Å². The fraction of sp³-hybridized carbons (Fsp3) is 0.571. The van der Waals surface area contributed by atoms with E-state index in [2.05, 4.69) is 4.98 Å². The largest absolute Gasteiger partial charge is 0.390 e. The third-order valence-electron chi connectivity index (χ3n) is 1.19. The fourth-order valence-electron chi connectivity index (χ4n) is 0.677. The van der Waals surface area contributed by atoms with Gasteiger partial charge in [0.25, 0.3) is 0 Å². The molecule has 0 aliphatic rings. The number of hydrogen-bond donors (Lipinski definition) is 1. The summed E-state index contributed by atoms with van der Waals surface area (Å²) in [6.07, 6.45) is 0. The van der Waals surface area contributed by atoms with E-state index in [9.17, 15) is 0 Å². The first-order valence-electron chi connectivity index (χ1n) is 3.48. The highest BCUT2D eigenvalue weighted by atomic mass is 32.1. The van der Waals surface area contributed by atoms with E-state index < -0.39 is 0 Å². The summed E-state index contributed by atoms with van der Waals surface area (Å²) in [6, 6.07) is 0. The molecule has 0 fully saturated rings. The molecule has 0 aliphatic carbocycles. The first-order valence-corrected chi connectivity index (χ1v) is 4.36. The molecule has 0 bridgehead atoms. The van der Waals surface area contributed by atoms with E-state index in [-0.39, 0.29) is 6.61 Å². The second kappa shape index (κ2) is 4.43. The van der Waals surface area contributed by atoms with E-state index in [1.807, 2.05) is 12.3 Å². The van der Waals surface area contributed by atoms with Gasteiger partial charge in [0.2, 0.25) is 0 Å². The van der Waals surface area contributed by atoms with Crippen LogP contribution >= 0.6 is 11.3 Å². The quantitative estimate of drug-likeness (QED) is 0.743. The Hall–Kier alpha value is -0.450. The van der Waals surface area contributed by atoms with Gasteiger partial charge in [-0.1, -0.05) is 0 Å². The molecule has 0 aromatic carbocycles. The van der Waals surface area contributed by atoms with Gasteiger partial charge in [-0.3, -0.25) is 0 Å². The SMILES string of the molecule is CCOCc1nc(CO)cs1. The second-order valence-electron chi connectivity index (χ2n) is 2.03. The van der Waals surface area contributed by atoms with E-state index in [4.69, 9.17) is 9.84 Å². The molecular weight excluding hydrogens is 162 g/mol. The third-order valence-corrected chi connectivity index (χ3v) is 2.06. The number of aliphatic hydroxyl groups is 1. The van der Waals surface area contributed by atoms with Crippen molar-refractivity contribution in [3.05, 3.63) is 16.1 Å². The Bertz CT molecular complexity index is 212. The fourth-order valence-corrected chi connectivity index (χ4v) is 1.40. The molecule has 11 heavy (non-hydrogen) atoms. The van der Waals surface area contributed by atoms with Crippen LogP contribution < -0.4 is 0 Å². The lowest BCUT2D eigenvalue weighted by Crippen LogP contribution is -1.91. The minimum Gasteiger partial charge on any atom is -0.390 e. The molecule has 0 amide bonds. The van der Waals surface area contributed by atoms with Gasteiger partial charge < -0.3 is 9.84 Å². The van der Waals surface area contributed by atoms with Crippen molar-refractivity contribution in [2.45, 2.75) is 20.1 Å². The van der Waals surface area contributed by atoms with Crippen LogP contribution in [-0.2, 0) is 18.0 Å². The van der Waals surface area contributed by atoms with Crippen molar-refractivity contribution in [1.82, 2.24) is 4.98 Å². The lowest BCUT2D eigenvalue weighted by molar-refractivity contribution is 0.133. The smallest absolute Gasteiger partial charge is 0.119 e. The van der Waals surface area contributed by atoms with Crippen molar-refractivity contribution >= 4 is 11.3 Å². The highest BCUT2D eigenvalue weighted by Gasteiger charge is 1.99. The topological polar surface area (TPSA) is 42.4 Å². The van der Waals surface area contributed by atoms with E-state index >= 15 is 0 Å². The number of nitrogens with zero attached hydrogens (tertiary/aromatic N) is 1. The normalized spacial score (nSPS) is 10.4. The predicted molar refractivity (Wildman–Crippen MR) is 43.4 cm³/mol. The van der Waals surface area contributed by atoms with Gasteiger partial charge in [-0.15, -0.1) is 11.3 Å². The van der Waals surface area contributed by atoms with Crippen LogP contribution in [0.1, 0.15) is 17.6 Å². The lowest BCUT2D eigenvalue weighted by Gasteiger charge is -1.94. The number of rotatable bonds is 4. The van der Waals surface area contributed by atoms with Gasteiger partial charge in [0.1, 0.15) is 5.01 Å². The van der Waals surface area contributed by atoms with E-state index in [0.29, 0.717) is 13.2 Å². The van der Waals surface area contributed by atoms with Gasteiger partial charge in [0.15, 0.2) is 0 Å². The molecule has 0 atom stereocenters. The Labute approximate surface area is 69.7 Å². The average molecular weight is 173 g/mol. The van der Waals surface area contributed by atoms with Crippen LogP contribution in [0.15, 0.2) is 5.38 Å². The standard InChI is InChI=1S/C7H11NO2S/c1-2-10-4-7-8-6(3-9)5-11-7/h5,9H,2-4H2,1H3. The second-order valence-corrected chi connectivity index (χ2v) is 2.97. The van der Waals surface area contributed by atoms with Crippen LogP contribution in [0.25, 0.3) is 0 Å². The lowest BCUT2D eigenvalue weighted by atomic mass is 10.5. The zero-order valence-corrected chi connectivity index (χ0v) is 7.23. The Kier molecular flexibility index (Phi) is 3.48. The Morgan fingerprint density at radius 2 is 2.55 bits per heavy atom. The summed E-state index contributed by atoms with van der Waals surface area (Å²) in [7, 11) is 0. The summed E-state index contributed by atoms with van der Waals surface area (Å²) in [4.78, 5) is 4.11. The van der Waals surface area contributed by atoms with Gasteiger partial charge in [-0.2, -0.15) is 0 Å². The van der Waals surface area contributed by atoms with Crippen LogP contribution in [0.4, 0.5) is 0 Å². The van der Waals surface area contributed by atoms with Crippen molar-refractivity contribution in [3.63, 3.8) is 0 Å².